The molecule has 0 aromatic rings. The molecule has 0 spiro atoms. The minimum Gasteiger partial charge on any atom is -0.446 e. The Hall–Kier alpha value is -2.09. The molecular weight excluding hydrogens is 781 g/mol. The average Bonchev–Trinajstić information content (AvgIpc) is 3.62. The maximum Gasteiger partial charge on any atom is 0.410 e. The van der Waals surface area contributed by atoms with E-state index in [2.05, 4.69) is 58.3 Å². The van der Waals surface area contributed by atoms with Crippen LogP contribution in [0.1, 0.15) is 234 Å². The molecule has 0 saturated heterocycles. The smallest absolute Gasteiger partial charge is 0.410 e. The number of carbonyl (C=O) groups is 3. The predicted molar refractivity (Wildman–Crippen MR) is 263 cm³/mol. The molecule has 4 aliphatic rings. The van der Waals surface area contributed by atoms with Crippen molar-refractivity contribution in [1.29, 1.82) is 0 Å². The number of nitrogens with one attached hydrogen (secondary N) is 2. The van der Waals surface area contributed by atoms with Crippen LogP contribution in [0.5, 0.6) is 0 Å². The van der Waals surface area contributed by atoms with E-state index in [-0.39, 0.29) is 29.9 Å². The summed E-state index contributed by atoms with van der Waals surface area (Å²) in [6.07, 6.45) is 37.4. The Labute approximate surface area is 388 Å². The van der Waals surface area contributed by atoms with E-state index < -0.39 is 6.09 Å². The van der Waals surface area contributed by atoms with E-state index in [0.29, 0.717) is 44.4 Å². The summed E-state index contributed by atoms with van der Waals surface area (Å²) in [7, 11) is 0. The number of nitrogens with zero attached hydrogens (tertiary/aromatic N) is 1. The van der Waals surface area contributed by atoms with E-state index >= 15 is 0 Å². The van der Waals surface area contributed by atoms with Gasteiger partial charge in [0.15, 0.2) is 0 Å². The van der Waals surface area contributed by atoms with Crippen LogP contribution in [0.2, 0.25) is 0 Å². The lowest BCUT2D eigenvalue weighted by atomic mass is 9.47. The van der Waals surface area contributed by atoms with Crippen molar-refractivity contribution in [1.82, 2.24) is 15.5 Å². The van der Waals surface area contributed by atoms with Crippen molar-refractivity contribution in [3.05, 3.63) is 11.6 Å². The molecule has 4 N–H and O–H groups in total. The van der Waals surface area contributed by atoms with Crippen LogP contribution in [0.4, 0.5) is 4.79 Å². The number of carbonyl (C=O) groups excluding carboxylic acids is 3. The van der Waals surface area contributed by atoms with Crippen LogP contribution >= 0.6 is 0 Å². The molecule has 0 aromatic carbocycles. The minimum atomic E-state index is -0.401. The molecule has 8 atom stereocenters. The Kier molecular flexibility index (Phi) is 24.5. The predicted octanol–water partition coefficient (Wildman–Crippen LogP) is 13.5. The van der Waals surface area contributed by atoms with Gasteiger partial charge in [-0.1, -0.05) is 162 Å². The Morgan fingerprint density at radius 1 is 0.730 bits per heavy atom. The molecular formula is C55H100N4O4. The second-order valence-electron chi connectivity index (χ2n) is 22.2. The molecule has 63 heavy (non-hydrogen) atoms. The van der Waals surface area contributed by atoms with Crippen molar-refractivity contribution in [2.24, 2.45) is 52.1 Å². The zero-order valence-electron chi connectivity index (χ0n) is 42.0. The van der Waals surface area contributed by atoms with Crippen molar-refractivity contribution in [3.8, 4) is 0 Å². The fourth-order valence-electron chi connectivity index (χ4n) is 13.2. The highest BCUT2D eigenvalue weighted by Gasteiger charge is 2.59. The lowest BCUT2D eigenvalue weighted by Crippen LogP contribution is -2.51. The van der Waals surface area contributed by atoms with Crippen molar-refractivity contribution in [2.75, 3.05) is 32.7 Å². The van der Waals surface area contributed by atoms with Gasteiger partial charge >= 0.3 is 6.09 Å². The summed E-state index contributed by atoms with van der Waals surface area (Å²) in [5.74, 6) is 4.72. The van der Waals surface area contributed by atoms with Gasteiger partial charge in [-0.2, -0.15) is 0 Å². The number of amides is 3. The highest BCUT2D eigenvalue weighted by atomic mass is 16.6. The van der Waals surface area contributed by atoms with Crippen LogP contribution < -0.4 is 16.4 Å². The molecule has 0 unspecified atom stereocenters. The summed E-state index contributed by atoms with van der Waals surface area (Å²) in [5, 5.41) is 6.10. The third-order valence-electron chi connectivity index (χ3n) is 17.0. The molecule has 4 rings (SSSR count). The van der Waals surface area contributed by atoms with Gasteiger partial charge in [-0.15, -0.1) is 0 Å². The number of rotatable bonds is 32. The van der Waals surface area contributed by atoms with Crippen molar-refractivity contribution in [2.45, 2.75) is 240 Å². The summed E-state index contributed by atoms with van der Waals surface area (Å²) in [4.78, 5) is 41.3. The van der Waals surface area contributed by atoms with E-state index in [4.69, 9.17) is 10.5 Å². The fraction of sp³-hybridized carbons (Fsp3) is 0.909. The van der Waals surface area contributed by atoms with Crippen molar-refractivity contribution in [3.63, 3.8) is 0 Å². The maximum absolute atomic E-state index is 13.9. The number of unbranched alkanes of at least 4 members (excludes halogenated alkanes) is 15. The lowest BCUT2D eigenvalue weighted by molar-refractivity contribution is -0.123. The summed E-state index contributed by atoms with van der Waals surface area (Å²) in [5.41, 5.74) is 7.81. The first-order valence-electron chi connectivity index (χ1n) is 27.3. The Morgan fingerprint density at radius 3 is 2.05 bits per heavy atom. The first kappa shape index (κ1) is 53.5. The van der Waals surface area contributed by atoms with Gasteiger partial charge in [-0.25, -0.2) is 4.79 Å². The van der Waals surface area contributed by atoms with Gasteiger partial charge in [-0.05, 0) is 124 Å². The Bertz CT molecular complexity index is 1350. The molecule has 4 aliphatic carbocycles. The van der Waals surface area contributed by atoms with Gasteiger partial charge in [0, 0.05) is 32.5 Å². The monoisotopic (exact) mass is 881 g/mol. The molecule has 3 amide bonds. The van der Waals surface area contributed by atoms with E-state index in [9.17, 15) is 14.4 Å². The van der Waals surface area contributed by atoms with Crippen molar-refractivity contribution >= 4 is 17.9 Å². The molecule has 0 radical (unpaired) electrons. The summed E-state index contributed by atoms with van der Waals surface area (Å²) in [6.45, 7) is 16.9. The Balaban J connectivity index is 1.22. The van der Waals surface area contributed by atoms with Crippen molar-refractivity contribution < 1.29 is 19.1 Å². The van der Waals surface area contributed by atoms with Gasteiger partial charge in [0.2, 0.25) is 11.8 Å². The standard InChI is InChI=1S/C55H100N4O4/c1-7-8-9-10-11-12-13-14-15-16-17-18-21-28-51(60)57-39-25-40-59(42-52(61)58-38-23-20-19-22-37-56)53(62)63-46-33-35-54(5)45(41-46)29-30-47-49-32-31-48(44(4)27-24-26-43(2)3)55(49,6)36-34-50(47)54/h29,43-44,46-50H,7-28,30-42,56H2,1-6H3,(H,57,60)(H,58,61)/t44-,46+,47+,48-,49+,50+,54+,55-/m1/s1. The summed E-state index contributed by atoms with van der Waals surface area (Å²) in [6, 6.07) is 0. The SMILES string of the molecule is CCCCCCCCCCCCCCCC(=O)NCCCN(CC(=O)NCCCCCCN)C(=O)O[C@H]1CC[C@@]2(C)C(=CC[C@H]3[C@@H]4CC[C@H]([C@H](C)CCCC(C)C)[C@@]4(C)CC[C@@H]32)C1. The molecule has 0 aliphatic heterocycles. The molecule has 8 nitrogen and oxygen atoms in total. The fourth-order valence-corrected chi connectivity index (χ4v) is 13.2. The van der Waals surface area contributed by atoms with Crippen LogP contribution in [0.25, 0.3) is 0 Å². The van der Waals surface area contributed by atoms with Gasteiger partial charge in [-0.3, -0.25) is 14.5 Å². The van der Waals surface area contributed by atoms with Gasteiger partial charge < -0.3 is 21.1 Å². The summed E-state index contributed by atoms with van der Waals surface area (Å²) >= 11 is 0. The zero-order valence-corrected chi connectivity index (χ0v) is 42.0. The van der Waals surface area contributed by atoms with Crippen LogP contribution in [0.3, 0.4) is 0 Å². The molecule has 0 bridgehead atoms. The molecule has 8 heteroatoms. The maximum atomic E-state index is 13.9. The highest BCUT2D eigenvalue weighted by Crippen LogP contribution is 2.67. The normalized spacial score (nSPS) is 26.9. The third kappa shape index (κ3) is 17.3. The van der Waals surface area contributed by atoms with Gasteiger partial charge in [0.25, 0.3) is 0 Å². The van der Waals surface area contributed by atoms with E-state index in [1.54, 1.807) is 4.90 Å². The number of allylic oxidation sites excluding steroid dienone is 1. The number of hydrogen-bond donors (Lipinski definition) is 3. The topological polar surface area (TPSA) is 114 Å². The van der Waals surface area contributed by atoms with E-state index in [1.165, 1.54) is 128 Å². The van der Waals surface area contributed by atoms with Crippen LogP contribution in [0.15, 0.2) is 11.6 Å². The second-order valence-corrected chi connectivity index (χ2v) is 22.2. The molecule has 0 aromatic heterocycles. The number of nitrogens with two attached hydrogens (primary N) is 1. The quantitative estimate of drug-likeness (QED) is 0.0460. The third-order valence-corrected chi connectivity index (χ3v) is 17.0. The second kappa shape index (κ2) is 28.8. The van der Waals surface area contributed by atoms with Crippen LogP contribution in [0, 0.1) is 46.3 Å². The summed E-state index contributed by atoms with van der Waals surface area (Å²) < 4.78 is 6.30. The Morgan fingerprint density at radius 2 is 1.37 bits per heavy atom. The highest BCUT2D eigenvalue weighted by molar-refractivity contribution is 5.82. The minimum absolute atomic E-state index is 0.0249. The van der Waals surface area contributed by atoms with E-state index in [1.807, 2.05) is 0 Å². The van der Waals surface area contributed by atoms with Crippen LogP contribution in [-0.4, -0.2) is 61.6 Å². The van der Waals surface area contributed by atoms with Crippen LogP contribution in [-0.2, 0) is 14.3 Å². The van der Waals surface area contributed by atoms with E-state index in [0.717, 1.165) is 93.3 Å². The first-order chi connectivity index (χ1) is 30.4. The number of ether oxygens (including phenoxy) is 1. The molecule has 364 valence electrons. The average molecular weight is 881 g/mol. The van der Waals surface area contributed by atoms with Gasteiger partial charge in [0.05, 0.1) is 0 Å². The molecule has 3 fully saturated rings. The number of hydrogen-bond acceptors (Lipinski definition) is 5. The molecule has 3 saturated carbocycles. The number of fused-ring (bicyclic) bond motifs is 5. The first-order valence-corrected chi connectivity index (χ1v) is 27.3. The van der Waals surface area contributed by atoms with Gasteiger partial charge in [0.1, 0.15) is 12.6 Å². The zero-order chi connectivity index (χ0) is 45.5. The largest absolute Gasteiger partial charge is 0.446 e. The molecule has 0 heterocycles. The lowest BCUT2D eigenvalue weighted by Gasteiger charge is -2.58.